The number of hydrogen-bond donors (Lipinski definition) is 2. The lowest BCUT2D eigenvalue weighted by atomic mass is 9.79. The van der Waals surface area contributed by atoms with Gasteiger partial charge in [0.15, 0.2) is 0 Å². The van der Waals surface area contributed by atoms with Crippen molar-refractivity contribution in [2.24, 2.45) is 16.9 Å². The monoisotopic (exact) mass is 314 g/mol. The third-order valence-electron chi connectivity index (χ3n) is 4.93. The van der Waals surface area contributed by atoms with Crippen LogP contribution in [0.1, 0.15) is 64.0 Å². The molecule has 0 heterocycles. The fourth-order valence-corrected chi connectivity index (χ4v) is 2.75. The van der Waals surface area contributed by atoms with Crippen LogP contribution < -0.4 is 11.5 Å². The minimum atomic E-state index is 0.0993. The molecule has 1 rings (SSSR count). The topological polar surface area (TPSA) is 52.0 Å². The number of unbranched alkanes of at least 4 members (excludes halogenated alkanes) is 1. The molecular weight excluding hydrogens is 280 g/mol. The van der Waals surface area contributed by atoms with E-state index in [-0.39, 0.29) is 6.04 Å². The zero-order valence-corrected chi connectivity index (χ0v) is 14.9. The third-order valence-corrected chi connectivity index (χ3v) is 4.93. The molecule has 0 fully saturated rings. The van der Waals surface area contributed by atoms with Gasteiger partial charge in [-0.15, -0.1) is 0 Å². The lowest BCUT2D eigenvalue weighted by Gasteiger charge is -2.28. The predicted octanol–water partition coefficient (Wildman–Crippen LogP) is 5.12. The molecule has 1 unspecified atom stereocenters. The van der Waals surface area contributed by atoms with Gasteiger partial charge in [0, 0.05) is 6.04 Å². The maximum absolute atomic E-state index is 6.17. The summed E-state index contributed by atoms with van der Waals surface area (Å²) in [6, 6.07) is 10.4. The van der Waals surface area contributed by atoms with Crippen molar-refractivity contribution in [1.82, 2.24) is 0 Å². The van der Waals surface area contributed by atoms with Gasteiger partial charge in [-0.05, 0) is 56.0 Å². The third kappa shape index (κ3) is 7.15. The molecule has 0 aliphatic carbocycles. The molecule has 0 amide bonds. The molecule has 128 valence electrons. The van der Waals surface area contributed by atoms with Crippen LogP contribution in [0.15, 0.2) is 54.6 Å². The summed E-state index contributed by atoms with van der Waals surface area (Å²) < 4.78 is 0. The Kier molecular flexibility index (Phi) is 9.58. The highest BCUT2D eigenvalue weighted by Gasteiger charge is 2.22. The van der Waals surface area contributed by atoms with Crippen molar-refractivity contribution in [1.29, 1.82) is 0 Å². The first-order chi connectivity index (χ1) is 11.2. The molecule has 0 spiro atoms. The summed E-state index contributed by atoms with van der Waals surface area (Å²) in [6.07, 6.45) is 15.5. The van der Waals surface area contributed by atoms with Crippen molar-refractivity contribution in [2.45, 2.75) is 58.4 Å². The van der Waals surface area contributed by atoms with Crippen LogP contribution in [0.4, 0.5) is 0 Å². The van der Waals surface area contributed by atoms with Crippen LogP contribution in [-0.4, -0.2) is 6.54 Å². The quantitative estimate of drug-likeness (QED) is 0.440. The minimum absolute atomic E-state index is 0.0993. The number of hydrogen-bond acceptors (Lipinski definition) is 2. The first kappa shape index (κ1) is 19.7. The summed E-state index contributed by atoms with van der Waals surface area (Å²) in [5.41, 5.74) is 13.6. The van der Waals surface area contributed by atoms with E-state index in [9.17, 15) is 0 Å². The molecule has 4 N–H and O–H groups in total. The second kappa shape index (κ2) is 11.2. The SMILES string of the molecule is CCC(CC)(CN)CC=CCCC=CCC(N)c1ccccc1. The average molecular weight is 315 g/mol. The minimum Gasteiger partial charge on any atom is -0.330 e. The Morgan fingerprint density at radius 3 is 2.13 bits per heavy atom. The Morgan fingerprint density at radius 2 is 1.57 bits per heavy atom. The smallest absolute Gasteiger partial charge is 0.0329 e. The molecule has 0 bridgehead atoms. The van der Waals surface area contributed by atoms with Crippen molar-refractivity contribution in [3.63, 3.8) is 0 Å². The van der Waals surface area contributed by atoms with Gasteiger partial charge in [-0.3, -0.25) is 0 Å². The Balaban J connectivity index is 2.23. The number of allylic oxidation sites excluding steroid dienone is 3. The molecule has 0 saturated heterocycles. The lowest BCUT2D eigenvalue weighted by molar-refractivity contribution is 0.277. The van der Waals surface area contributed by atoms with E-state index in [0.717, 1.165) is 45.1 Å². The van der Waals surface area contributed by atoms with Crippen LogP contribution in [-0.2, 0) is 0 Å². The standard InChI is InChI=1S/C21H34N2/c1-3-21(4-2,18-22)17-13-8-6-5-7-12-16-20(23)19-14-10-9-11-15-19/h7-15,20H,3-6,16-18,22-23H2,1-2H3. The van der Waals surface area contributed by atoms with Crippen LogP contribution in [0.25, 0.3) is 0 Å². The van der Waals surface area contributed by atoms with Crippen LogP contribution in [0.2, 0.25) is 0 Å². The molecule has 0 radical (unpaired) electrons. The van der Waals surface area contributed by atoms with Gasteiger partial charge in [0.05, 0.1) is 0 Å². The van der Waals surface area contributed by atoms with Gasteiger partial charge in [0.2, 0.25) is 0 Å². The van der Waals surface area contributed by atoms with Crippen molar-refractivity contribution < 1.29 is 0 Å². The summed E-state index contributed by atoms with van der Waals surface area (Å²) in [6.45, 7) is 5.26. The van der Waals surface area contributed by atoms with E-state index >= 15 is 0 Å². The molecule has 0 aliphatic rings. The molecular formula is C21H34N2. The van der Waals surface area contributed by atoms with Gasteiger partial charge in [-0.25, -0.2) is 0 Å². The van der Waals surface area contributed by atoms with Crippen LogP contribution >= 0.6 is 0 Å². The van der Waals surface area contributed by atoms with E-state index in [1.54, 1.807) is 0 Å². The van der Waals surface area contributed by atoms with Gasteiger partial charge in [0.1, 0.15) is 0 Å². The van der Waals surface area contributed by atoms with E-state index < -0.39 is 0 Å². The Morgan fingerprint density at radius 1 is 0.957 bits per heavy atom. The summed E-state index contributed by atoms with van der Waals surface area (Å²) in [7, 11) is 0. The summed E-state index contributed by atoms with van der Waals surface area (Å²) >= 11 is 0. The number of nitrogens with two attached hydrogens (primary N) is 2. The van der Waals surface area contributed by atoms with E-state index in [2.05, 4.69) is 50.3 Å². The Labute approximate surface area is 142 Å². The molecule has 2 heteroatoms. The van der Waals surface area contributed by atoms with Crippen LogP contribution in [0.5, 0.6) is 0 Å². The Bertz CT molecular complexity index is 450. The molecule has 0 aliphatic heterocycles. The summed E-state index contributed by atoms with van der Waals surface area (Å²) in [5.74, 6) is 0. The Hall–Kier alpha value is -1.38. The predicted molar refractivity (Wildman–Crippen MR) is 102 cm³/mol. The van der Waals surface area contributed by atoms with Crippen LogP contribution in [0, 0.1) is 5.41 Å². The highest BCUT2D eigenvalue weighted by molar-refractivity contribution is 5.19. The van der Waals surface area contributed by atoms with Crippen molar-refractivity contribution in [2.75, 3.05) is 6.54 Å². The summed E-state index contributed by atoms with van der Waals surface area (Å²) in [5, 5.41) is 0. The largest absolute Gasteiger partial charge is 0.330 e. The molecule has 0 aromatic heterocycles. The maximum Gasteiger partial charge on any atom is 0.0329 e. The normalized spacial score (nSPS) is 13.9. The average Bonchev–Trinajstić information content (AvgIpc) is 2.61. The highest BCUT2D eigenvalue weighted by Crippen LogP contribution is 2.29. The fourth-order valence-electron chi connectivity index (χ4n) is 2.75. The maximum atomic E-state index is 6.17. The van der Waals surface area contributed by atoms with E-state index in [4.69, 9.17) is 11.5 Å². The van der Waals surface area contributed by atoms with Gasteiger partial charge in [-0.2, -0.15) is 0 Å². The zero-order chi connectivity index (χ0) is 17.0. The second-order valence-electron chi connectivity index (χ2n) is 6.39. The zero-order valence-electron chi connectivity index (χ0n) is 14.9. The first-order valence-corrected chi connectivity index (χ1v) is 8.98. The van der Waals surface area contributed by atoms with Crippen molar-refractivity contribution in [3.05, 3.63) is 60.2 Å². The summed E-state index contributed by atoms with van der Waals surface area (Å²) in [4.78, 5) is 0. The van der Waals surface area contributed by atoms with Gasteiger partial charge in [0.25, 0.3) is 0 Å². The van der Waals surface area contributed by atoms with Gasteiger partial charge < -0.3 is 11.5 Å². The molecule has 2 nitrogen and oxygen atoms in total. The van der Waals surface area contributed by atoms with Gasteiger partial charge in [-0.1, -0.05) is 68.5 Å². The second-order valence-corrected chi connectivity index (χ2v) is 6.39. The highest BCUT2D eigenvalue weighted by atomic mass is 14.6. The fraction of sp³-hybridized carbons (Fsp3) is 0.524. The van der Waals surface area contributed by atoms with Crippen LogP contribution in [0.3, 0.4) is 0 Å². The van der Waals surface area contributed by atoms with E-state index in [1.807, 2.05) is 18.2 Å². The first-order valence-electron chi connectivity index (χ1n) is 8.98. The molecule has 1 aromatic carbocycles. The molecule has 1 atom stereocenters. The van der Waals surface area contributed by atoms with E-state index in [1.165, 1.54) is 5.56 Å². The van der Waals surface area contributed by atoms with Crippen molar-refractivity contribution in [3.8, 4) is 0 Å². The molecule has 23 heavy (non-hydrogen) atoms. The van der Waals surface area contributed by atoms with E-state index in [0.29, 0.717) is 5.41 Å². The van der Waals surface area contributed by atoms with Crippen molar-refractivity contribution >= 4 is 0 Å². The lowest BCUT2D eigenvalue weighted by Crippen LogP contribution is -2.28. The van der Waals surface area contributed by atoms with Gasteiger partial charge >= 0.3 is 0 Å². The molecule has 1 aromatic rings. The number of benzene rings is 1. The molecule has 0 saturated carbocycles. The number of rotatable bonds is 11.